The SMILES string of the molecule is COc1ccc(Oc2cc(C(N)=S)ccn2)c(Br)c1. The van der Waals surface area contributed by atoms with Crippen LogP contribution in [0.15, 0.2) is 41.0 Å². The number of rotatable bonds is 4. The molecule has 0 saturated carbocycles. The number of benzene rings is 1. The van der Waals surface area contributed by atoms with Crippen molar-refractivity contribution >= 4 is 33.1 Å². The average molecular weight is 339 g/mol. The van der Waals surface area contributed by atoms with Crippen LogP contribution in [0.3, 0.4) is 0 Å². The van der Waals surface area contributed by atoms with Gasteiger partial charge in [0.1, 0.15) is 16.5 Å². The molecule has 0 aliphatic carbocycles. The summed E-state index contributed by atoms with van der Waals surface area (Å²) in [7, 11) is 1.61. The summed E-state index contributed by atoms with van der Waals surface area (Å²) in [6, 6.07) is 8.83. The minimum atomic E-state index is 0.307. The van der Waals surface area contributed by atoms with Gasteiger partial charge in [0.05, 0.1) is 11.6 Å². The average Bonchev–Trinajstić information content (AvgIpc) is 2.41. The van der Waals surface area contributed by atoms with E-state index in [4.69, 9.17) is 27.4 Å². The van der Waals surface area contributed by atoms with E-state index >= 15 is 0 Å². The van der Waals surface area contributed by atoms with Crippen LogP contribution in [-0.4, -0.2) is 17.1 Å². The van der Waals surface area contributed by atoms with Gasteiger partial charge in [0.15, 0.2) is 0 Å². The monoisotopic (exact) mass is 338 g/mol. The number of pyridine rings is 1. The number of nitrogens with zero attached hydrogens (tertiary/aromatic N) is 1. The van der Waals surface area contributed by atoms with Crippen LogP contribution in [-0.2, 0) is 0 Å². The van der Waals surface area contributed by atoms with E-state index in [2.05, 4.69) is 20.9 Å². The van der Waals surface area contributed by atoms with Crippen LogP contribution >= 0.6 is 28.1 Å². The molecule has 0 fully saturated rings. The fourth-order valence-electron chi connectivity index (χ4n) is 1.42. The van der Waals surface area contributed by atoms with Crippen molar-refractivity contribution in [1.29, 1.82) is 0 Å². The van der Waals surface area contributed by atoms with Crippen LogP contribution in [0.1, 0.15) is 5.56 Å². The van der Waals surface area contributed by atoms with E-state index in [1.165, 1.54) is 0 Å². The standard InChI is InChI=1S/C13H11BrN2O2S/c1-17-9-2-3-11(10(14)7-9)18-12-6-8(13(15)19)4-5-16-12/h2-7H,1H3,(H2,15,19). The molecule has 0 radical (unpaired) electrons. The van der Waals surface area contributed by atoms with Gasteiger partial charge in [-0.05, 0) is 40.2 Å². The molecule has 0 bridgehead atoms. The Kier molecular flexibility index (Phi) is 4.34. The Balaban J connectivity index is 2.26. The normalized spacial score (nSPS) is 10.0. The second-order valence-electron chi connectivity index (χ2n) is 3.65. The number of methoxy groups -OCH3 is 1. The molecule has 2 aromatic rings. The Labute approximate surface area is 124 Å². The summed E-state index contributed by atoms with van der Waals surface area (Å²) in [5.41, 5.74) is 6.28. The first-order valence-corrected chi connectivity index (χ1v) is 6.57. The van der Waals surface area contributed by atoms with Crippen LogP contribution in [0.2, 0.25) is 0 Å². The molecule has 1 heterocycles. The smallest absolute Gasteiger partial charge is 0.219 e. The van der Waals surface area contributed by atoms with E-state index in [1.54, 1.807) is 37.6 Å². The lowest BCUT2D eigenvalue weighted by Crippen LogP contribution is -2.09. The predicted molar refractivity (Wildman–Crippen MR) is 80.9 cm³/mol. The topological polar surface area (TPSA) is 57.4 Å². The summed E-state index contributed by atoms with van der Waals surface area (Å²) < 4.78 is 11.6. The largest absolute Gasteiger partial charge is 0.497 e. The summed E-state index contributed by atoms with van der Waals surface area (Å²) in [5.74, 6) is 1.80. The number of aromatic nitrogens is 1. The molecule has 1 aromatic carbocycles. The molecule has 0 atom stereocenters. The minimum Gasteiger partial charge on any atom is -0.497 e. The maximum absolute atomic E-state index is 5.67. The highest BCUT2D eigenvalue weighted by molar-refractivity contribution is 9.10. The Morgan fingerprint density at radius 1 is 1.32 bits per heavy atom. The third kappa shape index (κ3) is 3.42. The lowest BCUT2D eigenvalue weighted by Gasteiger charge is -2.09. The summed E-state index contributed by atoms with van der Waals surface area (Å²) in [5, 5.41) is 0. The molecule has 0 saturated heterocycles. The molecular formula is C13H11BrN2O2S. The Hall–Kier alpha value is -1.66. The van der Waals surface area contributed by atoms with Crippen molar-refractivity contribution in [2.45, 2.75) is 0 Å². The number of halogens is 1. The van der Waals surface area contributed by atoms with Crippen molar-refractivity contribution in [2.24, 2.45) is 5.73 Å². The van der Waals surface area contributed by atoms with Gasteiger partial charge in [0.25, 0.3) is 0 Å². The molecule has 0 aliphatic rings. The van der Waals surface area contributed by atoms with Crippen LogP contribution in [0.25, 0.3) is 0 Å². The lowest BCUT2D eigenvalue weighted by molar-refractivity contribution is 0.411. The van der Waals surface area contributed by atoms with Gasteiger partial charge in [-0.2, -0.15) is 0 Å². The zero-order valence-electron chi connectivity index (χ0n) is 10.1. The van der Waals surface area contributed by atoms with Crippen molar-refractivity contribution in [3.05, 3.63) is 46.6 Å². The van der Waals surface area contributed by atoms with Crippen LogP contribution in [0.4, 0.5) is 0 Å². The number of thiocarbonyl (C=S) groups is 1. The maximum Gasteiger partial charge on any atom is 0.219 e. The molecule has 4 nitrogen and oxygen atoms in total. The van der Waals surface area contributed by atoms with Crippen LogP contribution in [0, 0.1) is 0 Å². The van der Waals surface area contributed by atoms with Gasteiger partial charge in [-0.15, -0.1) is 0 Å². The van der Waals surface area contributed by atoms with E-state index in [0.29, 0.717) is 22.2 Å². The van der Waals surface area contributed by atoms with Gasteiger partial charge in [-0.3, -0.25) is 0 Å². The fraction of sp³-hybridized carbons (Fsp3) is 0.0769. The van der Waals surface area contributed by atoms with E-state index in [9.17, 15) is 0 Å². The Bertz CT molecular complexity index is 619. The Morgan fingerprint density at radius 2 is 2.11 bits per heavy atom. The quantitative estimate of drug-likeness (QED) is 0.867. The summed E-state index contributed by atoms with van der Waals surface area (Å²) in [4.78, 5) is 4.42. The zero-order chi connectivity index (χ0) is 13.8. The molecule has 0 aliphatic heterocycles. The summed E-state index contributed by atoms with van der Waals surface area (Å²) >= 11 is 8.32. The molecule has 2 N–H and O–H groups in total. The summed E-state index contributed by atoms with van der Waals surface area (Å²) in [6.45, 7) is 0. The summed E-state index contributed by atoms with van der Waals surface area (Å²) in [6.07, 6.45) is 1.60. The second-order valence-corrected chi connectivity index (χ2v) is 4.94. The first kappa shape index (κ1) is 13.8. The molecule has 98 valence electrons. The first-order valence-electron chi connectivity index (χ1n) is 5.37. The maximum atomic E-state index is 5.67. The second kappa shape index (κ2) is 5.99. The highest BCUT2D eigenvalue weighted by atomic mass is 79.9. The van der Waals surface area contributed by atoms with E-state index in [1.807, 2.05) is 6.07 Å². The lowest BCUT2D eigenvalue weighted by atomic mass is 10.2. The van der Waals surface area contributed by atoms with Gasteiger partial charge in [-0.1, -0.05) is 12.2 Å². The van der Waals surface area contributed by atoms with Crippen molar-refractivity contribution < 1.29 is 9.47 Å². The van der Waals surface area contributed by atoms with Gasteiger partial charge in [-0.25, -0.2) is 4.98 Å². The van der Waals surface area contributed by atoms with Gasteiger partial charge < -0.3 is 15.2 Å². The van der Waals surface area contributed by atoms with E-state index in [0.717, 1.165) is 10.2 Å². The molecule has 2 rings (SSSR count). The molecule has 0 spiro atoms. The van der Waals surface area contributed by atoms with Gasteiger partial charge in [0.2, 0.25) is 5.88 Å². The molecule has 0 amide bonds. The number of hydrogen-bond acceptors (Lipinski definition) is 4. The third-order valence-electron chi connectivity index (χ3n) is 2.37. The molecule has 19 heavy (non-hydrogen) atoms. The molecular weight excluding hydrogens is 328 g/mol. The fourth-order valence-corrected chi connectivity index (χ4v) is 1.99. The molecule has 6 heteroatoms. The number of hydrogen-bond donors (Lipinski definition) is 1. The molecule has 1 aromatic heterocycles. The number of nitrogens with two attached hydrogens (primary N) is 1. The van der Waals surface area contributed by atoms with Crippen molar-refractivity contribution in [1.82, 2.24) is 4.98 Å². The zero-order valence-corrected chi connectivity index (χ0v) is 12.5. The van der Waals surface area contributed by atoms with Crippen LogP contribution in [0.5, 0.6) is 17.4 Å². The van der Waals surface area contributed by atoms with E-state index < -0.39 is 0 Å². The van der Waals surface area contributed by atoms with E-state index in [-0.39, 0.29) is 0 Å². The van der Waals surface area contributed by atoms with Gasteiger partial charge in [0, 0.05) is 17.8 Å². The minimum absolute atomic E-state index is 0.307. The highest BCUT2D eigenvalue weighted by Gasteiger charge is 2.06. The van der Waals surface area contributed by atoms with Crippen molar-refractivity contribution in [3.8, 4) is 17.4 Å². The molecule has 0 unspecified atom stereocenters. The van der Waals surface area contributed by atoms with Crippen LogP contribution < -0.4 is 15.2 Å². The number of ether oxygens (including phenoxy) is 2. The Morgan fingerprint density at radius 3 is 2.74 bits per heavy atom. The first-order chi connectivity index (χ1) is 9.10. The van der Waals surface area contributed by atoms with Gasteiger partial charge >= 0.3 is 0 Å². The van der Waals surface area contributed by atoms with Crippen molar-refractivity contribution in [3.63, 3.8) is 0 Å². The third-order valence-corrected chi connectivity index (χ3v) is 3.23. The highest BCUT2D eigenvalue weighted by Crippen LogP contribution is 2.32. The predicted octanol–water partition coefficient (Wildman–Crippen LogP) is 3.28. The van der Waals surface area contributed by atoms with Crippen molar-refractivity contribution in [2.75, 3.05) is 7.11 Å².